The number of hydrogen-bond acceptors (Lipinski definition) is 4. The number of benzene rings is 1. The van der Waals surface area contributed by atoms with Gasteiger partial charge in [0.05, 0.1) is 0 Å². The van der Waals surface area contributed by atoms with E-state index in [2.05, 4.69) is 40.1 Å². The minimum atomic E-state index is -0.912. The summed E-state index contributed by atoms with van der Waals surface area (Å²) >= 11 is 0. The molecule has 2 aliphatic rings. The molecule has 1 heterocycles. The molecule has 1 aliphatic carbocycles. The fourth-order valence-electron chi connectivity index (χ4n) is 3.55. The molecule has 144 valence electrons. The molecule has 0 aromatic heterocycles. The molecule has 0 unspecified atom stereocenters. The highest BCUT2D eigenvalue weighted by Crippen LogP contribution is 2.31. The first kappa shape index (κ1) is 19.1. The standard InChI is InChI=1S/C20H26N4O3/c1-20(2)18(26)24(19(27)21-20)13-12-17(25)23-22-16-10-8-15(9-11-16)14-6-4-3-5-7-14/h3-7,15H,8-13H2,1-2H3,(H,21,27)(H,23,25). The summed E-state index contributed by atoms with van der Waals surface area (Å²) in [5.41, 5.74) is 4.00. The van der Waals surface area contributed by atoms with Crippen LogP contribution < -0.4 is 10.7 Å². The molecule has 1 aliphatic heterocycles. The van der Waals surface area contributed by atoms with Crippen LogP contribution in [-0.2, 0) is 9.59 Å². The van der Waals surface area contributed by atoms with E-state index in [-0.39, 0.29) is 24.8 Å². The van der Waals surface area contributed by atoms with E-state index in [0.29, 0.717) is 5.92 Å². The first-order chi connectivity index (χ1) is 12.9. The predicted molar refractivity (Wildman–Crippen MR) is 102 cm³/mol. The van der Waals surface area contributed by atoms with Gasteiger partial charge in [0, 0.05) is 18.7 Å². The Labute approximate surface area is 159 Å². The fourth-order valence-corrected chi connectivity index (χ4v) is 3.55. The van der Waals surface area contributed by atoms with Crippen LogP contribution in [-0.4, -0.2) is 40.5 Å². The number of urea groups is 1. The van der Waals surface area contributed by atoms with Crippen molar-refractivity contribution >= 4 is 23.6 Å². The molecule has 27 heavy (non-hydrogen) atoms. The van der Waals surface area contributed by atoms with Gasteiger partial charge >= 0.3 is 6.03 Å². The lowest BCUT2D eigenvalue weighted by Gasteiger charge is -2.23. The molecule has 2 N–H and O–H groups in total. The average Bonchev–Trinajstić information content (AvgIpc) is 2.86. The summed E-state index contributed by atoms with van der Waals surface area (Å²) in [7, 11) is 0. The second-order valence-electron chi connectivity index (χ2n) is 7.66. The number of imide groups is 1. The first-order valence-electron chi connectivity index (χ1n) is 9.40. The zero-order valence-electron chi connectivity index (χ0n) is 15.8. The van der Waals surface area contributed by atoms with Gasteiger partial charge in [0.1, 0.15) is 5.54 Å². The topological polar surface area (TPSA) is 90.9 Å². The van der Waals surface area contributed by atoms with Crippen LogP contribution in [0.15, 0.2) is 35.4 Å². The molecule has 0 spiro atoms. The lowest BCUT2D eigenvalue weighted by Crippen LogP contribution is -2.40. The normalized spacial score (nSPS) is 21.8. The van der Waals surface area contributed by atoms with Crippen LogP contribution in [0.1, 0.15) is 57.4 Å². The van der Waals surface area contributed by atoms with Crippen molar-refractivity contribution in [2.24, 2.45) is 5.10 Å². The van der Waals surface area contributed by atoms with Gasteiger partial charge in [-0.1, -0.05) is 30.3 Å². The number of rotatable bonds is 5. The van der Waals surface area contributed by atoms with Crippen LogP contribution in [0.3, 0.4) is 0 Å². The van der Waals surface area contributed by atoms with Crippen LogP contribution in [0.4, 0.5) is 4.79 Å². The van der Waals surface area contributed by atoms with E-state index in [4.69, 9.17) is 0 Å². The van der Waals surface area contributed by atoms with Crippen LogP contribution in [0.5, 0.6) is 0 Å². The van der Waals surface area contributed by atoms with Gasteiger partial charge in [-0.2, -0.15) is 5.10 Å². The lowest BCUT2D eigenvalue weighted by atomic mass is 9.83. The Morgan fingerprint density at radius 2 is 1.89 bits per heavy atom. The Balaban J connectivity index is 1.43. The van der Waals surface area contributed by atoms with E-state index in [1.54, 1.807) is 13.8 Å². The van der Waals surface area contributed by atoms with Gasteiger partial charge in [-0.15, -0.1) is 0 Å². The molecule has 2 fully saturated rings. The molecule has 7 heteroatoms. The van der Waals surface area contributed by atoms with Crippen molar-refractivity contribution in [1.82, 2.24) is 15.6 Å². The van der Waals surface area contributed by atoms with E-state index in [1.165, 1.54) is 5.56 Å². The van der Waals surface area contributed by atoms with Crippen molar-refractivity contribution in [2.45, 2.75) is 57.4 Å². The summed E-state index contributed by atoms with van der Waals surface area (Å²) in [5, 5.41) is 6.83. The van der Waals surface area contributed by atoms with Crippen LogP contribution in [0, 0.1) is 0 Å². The summed E-state index contributed by atoms with van der Waals surface area (Å²) in [6.45, 7) is 3.34. The Kier molecular flexibility index (Phi) is 5.58. The summed E-state index contributed by atoms with van der Waals surface area (Å²) < 4.78 is 0. The highest BCUT2D eigenvalue weighted by molar-refractivity contribution is 6.06. The molecule has 3 rings (SSSR count). The second-order valence-corrected chi connectivity index (χ2v) is 7.66. The van der Waals surface area contributed by atoms with Crippen molar-refractivity contribution in [2.75, 3.05) is 6.54 Å². The monoisotopic (exact) mass is 370 g/mol. The van der Waals surface area contributed by atoms with Crippen molar-refractivity contribution in [3.63, 3.8) is 0 Å². The average molecular weight is 370 g/mol. The van der Waals surface area contributed by atoms with Crippen molar-refractivity contribution in [3.8, 4) is 0 Å². The maximum absolute atomic E-state index is 12.1. The highest BCUT2D eigenvalue weighted by Gasteiger charge is 2.43. The molecule has 7 nitrogen and oxygen atoms in total. The lowest BCUT2D eigenvalue weighted by molar-refractivity contribution is -0.130. The molecule has 0 bridgehead atoms. The van der Waals surface area contributed by atoms with E-state index in [0.717, 1.165) is 36.3 Å². The minimum absolute atomic E-state index is 0.0403. The molecule has 1 aromatic rings. The van der Waals surface area contributed by atoms with Crippen LogP contribution in [0.2, 0.25) is 0 Å². The molecule has 1 aromatic carbocycles. The Bertz CT molecular complexity index is 748. The molecule has 0 radical (unpaired) electrons. The third-order valence-electron chi connectivity index (χ3n) is 5.18. The molecular weight excluding hydrogens is 344 g/mol. The molecule has 0 atom stereocenters. The molecular formula is C20H26N4O3. The number of nitrogens with one attached hydrogen (secondary N) is 2. The highest BCUT2D eigenvalue weighted by atomic mass is 16.2. The van der Waals surface area contributed by atoms with Crippen molar-refractivity contribution in [3.05, 3.63) is 35.9 Å². The fraction of sp³-hybridized carbons (Fsp3) is 0.500. The molecule has 1 saturated heterocycles. The molecule has 4 amide bonds. The summed E-state index contributed by atoms with van der Waals surface area (Å²) in [4.78, 5) is 37.0. The largest absolute Gasteiger partial charge is 0.325 e. The van der Waals surface area contributed by atoms with Gasteiger partial charge in [0.25, 0.3) is 5.91 Å². The summed E-state index contributed by atoms with van der Waals surface area (Å²) in [6.07, 6.45) is 3.81. The van der Waals surface area contributed by atoms with Gasteiger partial charge < -0.3 is 5.32 Å². The van der Waals surface area contributed by atoms with Crippen LogP contribution >= 0.6 is 0 Å². The first-order valence-corrected chi connectivity index (χ1v) is 9.40. The number of nitrogens with zero attached hydrogens (tertiary/aromatic N) is 2. The van der Waals surface area contributed by atoms with Crippen molar-refractivity contribution in [1.29, 1.82) is 0 Å². The maximum atomic E-state index is 12.1. The van der Waals surface area contributed by atoms with Gasteiger partial charge in [0.2, 0.25) is 5.91 Å². The quantitative estimate of drug-likeness (QED) is 0.616. The third-order valence-corrected chi connectivity index (χ3v) is 5.18. The Hall–Kier alpha value is -2.70. The Morgan fingerprint density at radius 1 is 1.22 bits per heavy atom. The van der Waals surface area contributed by atoms with Crippen LogP contribution in [0.25, 0.3) is 0 Å². The zero-order valence-corrected chi connectivity index (χ0v) is 15.8. The summed E-state index contributed by atoms with van der Waals surface area (Å²) in [5.74, 6) is -0.0623. The van der Waals surface area contributed by atoms with E-state index in [1.807, 2.05) is 6.07 Å². The summed E-state index contributed by atoms with van der Waals surface area (Å²) in [6, 6.07) is 10.0. The predicted octanol–water partition coefficient (Wildman–Crippen LogP) is 2.54. The van der Waals surface area contributed by atoms with E-state index in [9.17, 15) is 14.4 Å². The SMILES string of the molecule is CC1(C)NC(=O)N(CCC(=O)NN=C2CCC(c3ccccc3)CC2)C1=O. The second kappa shape index (κ2) is 7.90. The van der Waals surface area contributed by atoms with Gasteiger partial charge in [0.15, 0.2) is 0 Å². The number of amides is 4. The number of carbonyl (C=O) groups excluding carboxylic acids is 3. The minimum Gasteiger partial charge on any atom is -0.324 e. The maximum Gasteiger partial charge on any atom is 0.325 e. The number of carbonyl (C=O) groups is 3. The van der Waals surface area contributed by atoms with E-state index < -0.39 is 11.6 Å². The van der Waals surface area contributed by atoms with Gasteiger partial charge in [-0.05, 0) is 51.0 Å². The number of hydrazone groups is 1. The van der Waals surface area contributed by atoms with Crippen molar-refractivity contribution < 1.29 is 14.4 Å². The number of hydrogen-bond donors (Lipinski definition) is 2. The van der Waals surface area contributed by atoms with Gasteiger partial charge in [-0.3, -0.25) is 14.5 Å². The molecule has 1 saturated carbocycles. The smallest absolute Gasteiger partial charge is 0.324 e. The third kappa shape index (κ3) is 4.53. The zero-order chi connectivity index (χ0) is 19.4. The van der Waals surface area contributed by atoms with E-state index >= 15 is 0 Å². The van der Waals surface area contributed by atoms with Gasteiger partial charge in [-0.25, -0.2) is 10.2 Å². The Morgan fingerprint density at radius 3 is 2.48 bits per heavy atom.